The van der Waals surface area contributed by atoms with Crippen molar-refractivity contribution in [1.29, 1.82) is 0 Å². The summed E-state index contributed by atoms with van der Waals surface area (Å²) in [7, 11) is 0. The van der Waals surface area contributed by atoms with Crippen LogP contribution in [0, 0.1) is 0 Å². The summed E-state index contributed by atoms with van der Waals surface area (Å²) < 4.78 is 4.56. The van der Waals surface area contributed by atoms with Gasteiger partial charge in [-0.15, -0.1) is 11.8 Å². The number of carbonyl (C=O) groups excluding carboxylic acids is 1. The molecule has 2 N–H and O–H groups in total. The Balaban J connectivity index is 2.58. The van der Waals surface area contributed by atoms with E-state index in [-0.39, 0.29) is 0 Å². The van der Waals surface area contributed by atoms with Crippen molar-refractivity contribution in [3.05, 3.63) is 22.8 Å². The first-order valence-electron chi connectivity index (χ1n) is 2.80. The van der Waals surface area contributed by atoms with Gasteiger partial charge in [-0.05, 0) is 5.41 Å². The minimum Gasteiger partial charge on any atom is -0.408 e. The maximum atomic E-state index is 10.2. The van der Waals surface area contributed by atoms with Gasteiger partial charge >= 0.3 is 6.09 Å². The Bertz CT molecular complexity index is 245. The van der Waals surface area contributed by atoms with Crippen LogP contribution < -0.4 is 5.73 Å². The second-order valence-electron chi connectivity index (χ2n) is 1.64. The van der Waals surface area contributed by atoms with Crippen LogP contribution >= 0.6 is 11.8 Å². The molecular formula is C6H6N2O2S. The van der Waals surface area contributed by atoms with Crippen molar-refractivity contribution in [2.75, 3.05) is 0 Å². The molecule has 0 bridgehead atoms. The van der Waals surface area contributed by atoms with E-state index in [0.717, 1.165) is 0 Å². The summed E-state index contributed by atoms with van der Waals surface area (Å²) in [6.07, 6.45) is 2.19. The van der Waals surface area contributed by atoms with E-state index in [1.807, 2.05) is 0 Å². The third kappa shape index (κ3) is 2.90. The summed E-state index contributed by atoms with van der Waals surface area (Å²) in [4.78, 5) is 14.0. The van der Waals surface area contributed by atoms with Gasteiger partial charge in [0.1, 0.15) is 0 Å². The summed E-state index contributed by atoms with van der Waals surface area (Å²) >= 11 is 1.37. The average Bonchev–Trinajstić information content (AvgIpc) is 2.14. The Kier molecular flexibility index (Phi) is 2.74. The number of aliphatic imine (C=N–C) groups is 1. The van der Waals surface area contributed by atoms with Gasteiger partial charge in [-0.2, -0.15) is 0 Å². The van der Waals surface area contributed by atoms with Crippen molar-refractivity contribution in [2.45, 2.75) is 0 Å². The van der Waals surface area contributed by atoms with Crippen molar-refractivity contribution in [3.63, 3.8) is 0 Å². The van der Waals surface area contributed by atoms with E-state index in [2.05, 4.69) is 9.73 Å². The lowest BCUT2D eigenvalue weighted by Gasteiger charge is -1.96. The normalized spacial score (nSPS) is 15.5. The molecular weight excluding hydrogens is 164 g/mol. The van der Waals surface area contributed by atoms with Gasteiger partial charge in [-0.1, -0.05) is 0 Å². The van der Waals surface area contributed by atoms with Crippen LogP contribution in [-0.4, -0.2) is 12.3 Å². The number of rotatable bonds is 1. The average molecular weight is 170 g/mol. The second-order valence-corrected chi connectivity index (χ2v) is 2.42. The van der Waals surface area contributed by atoms with E-state index in [9.17, 15) is 4.79 Å². The molecule has 1 rings (SSSR count). The number of hydrogen-bond donors (Lipinski definition) is 1. The molecule has 5 heteroatoms. The van der Waals surface area contributed by atoms with Gasteiger partial charge in [0.15, 0.2) is 5.76 Å². The number of primary amides is 1. The number of amides is 1. The highest BCUT2D eigenvalue weighted by Gasteiger charge is 1.99. The van der Waals surface area contributed by atoms with Crippen LogP contribution in [0.15, 0.2) is 27.8 Å². The van der Waals surface area contributed by atoms with Crippen molar-refractivity contribution >= 4 is 24.1 Å². The fraction of sp³-hybridized carbons (Fsp3) is 0. The van der Waals surface area contributed by atoms with E-state index in [1.165, 1.54) is 18.0 Å². The first-order valence-corrected chi connectivity index (χ1v) is 3.74. The first kappa shape index (κ1) is 7.87. The Morgan fingerprint density at radius 2 is 2.55 bits per heavy atom. The monoisotopic (exact) mass is 170 g/mol. The first-order chi connectivity index (χ1) is 5.29. The summed E-state index contributed by atoms with van der Waals surface area (Å²) in [5, 5.41) is 3.39. The molecule has 0 aromatic rings. The second kappa shape index (κ2) is 3.82. The SMILES string of the molecule is NC(=O)OC1=CSC=CN=C1. The smallest absolute Gasteiger partial charge is 0.408 e. The van der Waals surface area contributed by atoms with Crippen LogP contribution in [-0.2, 0) is 4.74 Å². The number of allylic oxidation sites excluding steroid dienone is 1. The zero-order valence-electron chi connectivity index (χ0n) is 5.56. The molecule has 1 amide bonds. The molecule has 0 saturated carbocycles. The van der Waals surface area contributed by atoms with Crippen LogP contribution in [0.3, 0.4) is 0 Å². The quantitative estimate of drug-likeness (QED) is 0.643. The van der Waals surface area contributed by atoms with Crippen LogP contribution in [0.25, 0.3) is 0 Å². The molecule has 1 aliphatic rings. The Labute approximate surface area is 67.8 Å². The van der Waals surface area contributed by atoms with E-state index in [0.29, 0.717) is 5.76 Å². The molecule has 0 aromatic carbocycles. The molecule has 0 unspecified atom stereocenters. The molecule has 1 aliphatic heterocycles. The Hall–Kier alpha value is -1.23. The molecule has 0 saturated heterocycles. The molecule has 0 aliphatic carbocycles. The Morgan fingerprint density at radius 3 is 3.27 bits per heavy atom. The zero-order chi connectivity index (χ0) is 8.10. The largest absolute Gasteiger partial charge is 0.410 e. The highest BCUT2D eigenvalue weighted by molar-refractivity contribution is 8.04. The van der Waals surface area contributed by atoms with Gasteiger partial charge in [0, 0.05) is 11.6 Å². The number of ether oxygens (including phenoxy) is 1. The molecule has 1 heterocycles. The van der Waals surface area contributed by atoms with Gasteiger partial charge in [-0.25, -0.2) is 4.79 Å². The molecule has 0 fully saturated rings. The molecule has 0 radical (unpaired) electrons. The van der Waals surface area contributed by atoms with Crippen LogP contribution in [0.4, 0.5) is 4.79 Å². The summed E-state index contributed by atoms with van der Waals surface area (Å²) in [6, 6.07) is 0. The summed E-state index contributed by atoms with van der Waals surface area (Å²) in [6.45, 7) is 0. The van der Waals surface area contributed by atoms with E-state index < -0.39 is 6.09 Å². The molecule has 0 spiro atoms. The third-order valence-electron chi connectivity index (χ3n) is 0.830. The van der Waals surface area contributed by atoms with Gasteiger partial charge in [0.2, 0.25) is 0 Å². The molecule has 0 aromatic heterocycles. The van der Waals surface area contributed by atoms with Gasteiger partial charge in [0.05, 0.1) is 6.21 Å². The fourth-order valence-corrected chi connectivity index (χ4v) is 0.952. The van der Waals surface area contributed by atoms with Gasteiger partial charge < -0.3 is 10.5 Å². The lowest BCUT2D eigenvalue weighted by molar-refractivity contribution is 0.192. The van der Waals surface area contributed by atoms with E-state index >= 15 is 0 Å². The number of nitrogens with two attached hydrogens (primary N) is 1. The highest BCUT2D eigenvalue weighted by Crippen LogP contribution is 2.11. The van der Waals surface area contributed by atoms with E-state index in [1.54, 1.807) is 17.0 Å². The van der Waals surface area contributed by atoms with Crippen molar-refractivity contribution in [1.82, 2.24) is 0 Å². The highest BCUT2D eigenvalue weighted by atomic mass is 32.2. The predicted octanol–water partition coefficient (Wildman–Crippen LogP) is 1.21. The lowest BCUT2D eigenvalue weighted by Crippen LogP contribution is -2.12. The lowest BCUT2D eigenvalue weighted by atomic mass is 10.6. The van der Waals surface area contributed by atoms with Crippen LogP contribution in [0.1, 0.15) is 0 Å². The number of carbonyl (C=O) groups is 1. The Morgan fingerprint density at radius 1 is 1.73 bits per heavy atom. The number of thioether (sulfide) groups is 1. The van der Waals surface area contributed by atoms with Crippen molar-refractivity contribution < 1.29 is 9.53 Å². The zero-order valence-corrected chi connectivity index (χ0v) is 6.38. The number of hydrogen-bond acceptors (Lipinski definition) is 4. The molecule has 58 valence electrons. The maximum absolute atomic E-state index is 10.2. The summed E-state index contributed by atoms with van der Waals surface area (Å²) in [5.74, 6) is 0.354. The van der Waals surface area contributed by atoms with Gasteiger partial charge in [-0.3, -0.25) is 4.99 Å². The van der Waals surface area contributed by atoms with Crippen LogP contribution in [0.2, 0.25) is 0 Å². The van der Waals surface area contributed by atoms with Crippen molar-refractivity contribution in [3.8, 4) is 0 Å². The maximum Gasteiger partial charge on any atom is 0.410 e. The van der Waals surface area contributed by atoms with Crippen LogP contribution in [0.5, 0.6) is 0 Å². The third-order valence-corrected chi connectivity index (χ3v) is 1.48. The molecule has 11 heavy (non-hydrogen) atoms. The van der Waals surface area contributed by atoms with E-state index in [4.69, 9.17) is 5.73 Å². The van der Waals surface area contributed by atoms with Gasteiger partial charge in [0.25, 0.3) is 0 Å². The topological polar surface area (TPSA) is 64.7 Å². The molecule has 0 atom stereocenters. The standard InChI is InChI=1S/C6H6N2O2S/c7-6(9)10-5-3-8-1-2-11-4-5/h1-4H,(H2,7,9). The minimum absolute atomic E-state index is 0.354. The van der Waals surface area contributed by atoms with Crippen molar-refractivity contribution in [2.24, 2.45) is 10.7 Å². The predicted molar refractivity (Wildman–Crippen MR) is 44.0 cm³/mol. The minimum atomic E-state index is -0.829. The number of nitrogens with zero attached hydrogens (tertiary/aromatic N) is 1. The summed E-state index contributed by atoms with van der Waals surface area (Å²) in [5.41, 5.74) is 4.78. The molecule has 4 nitrogen and oxygen atoms in total. The fourth-order valence-electron chi connectivity index (χ4n) is 0.490.